The Kier molecular flexibility index (Phi) is 5.65. The molecule has 0 saturated heterocycles. The van der Waals surface area contributed by atoms with Crippen LogP contribution in [0.25, 0.3) is 11.3 Å². The molecular formula is C18H15FN4O2S. The Labute approximate surface area is 153 Å². The Morgan fingerprint density at radius 2 is 1.77 bits per heavy atom. The van der Waals surface area contributed by atoms with Crippen molar-refractivity contribution in [3.63, 3.8) is 0 Å². The van der Waals surface area contributed by atoms with Gasteiger partial charge in [-0.1, -0.05) is 30.3 Å². The van der Waals surface area contributed by atoms with Crippen LogP contribution >= 0.6 is 11.8 Å². The van der Waals surface area contributed by atoms with Gasteiger partial charge in [0.1, 0.15) is 11.5 Å². The maximum absolute atomic E-state index is 12.8. The standard InChI is InChI=1S/C18H15FN4O2S/c19-13-6-8-14(9-7-13)26-11-17(24)22-23-18(25)16-10-15(20-21-16)12-4-2-1-3-5-12/h1-10H,11H2,(H,20,21)(H,22,24)(H,23,25). The largest absolute Gasteiger partial charge is 0.287 e. The Morgan fingerprint density at radius 3 is 2.50 bits per heavy atom. The lowest BCUT2D eigenvalue weighted by Gasteiger charge is -2.06. The number of nitrogens with one attached hydrogen (secondary N) is 3. The fourth-order valence-electron chi connectivity index (χ4n) is 2.10. The first-order chi connectivity index (χ1) is 12.6. The van der Waals surface area contributed by atoms with Crippen LogP contribution in [0.4, 0.5) is 4.39 Å². The van der Waals surface area contributed by atoms with Gasteiger partial charge in [0.15, 0.2) is 0 Å². The molecule has 0 unspecified atom stereocenters. The molecule has 0 aliphatic rings. The number of H-pyrrole nitrogens is 1. The summed E-state index contributed by atoms with van der Waals surface area (Å²) in [6, 6.07) is 16.8. The lowest BCUT2D eigenvalue weighted by Crippen LogP contribution is -2.42. The zero-order chi connectivity index (χ0) is 18.4. The molecule has 8 heteroatoms. The fraction of sp³-hybridized carbons (Fsp3) is 0.0556. The van der Waals surface area contributed by atoms with Crippen molar-refractivity contribution in [1.82, 2.24) is 21.0 Å². The number of carbonyl (C=O) groups excluding carboxylic acids is 2. The zero-order valence-corrected chi connectivity index (χ0v) is 14.3. The molecule has 3 N–H and O–H groups in total. The summed E-state index contributed by atoms with van der Waals surface area (Å²) in [5.41, 5.74) is 6.40. The van der Waals surface area contributed by atoms with Crippen molar-refractivity contribution in [2.75, 3.05) is 5.75 Å². The summed E-state index contributed by atoms with van der Waals surface area (Å²) in [5.74, 6) is -1.12. The molecule has 0 atom stereocenters. The maximum atomic E-state index is 12.8. The summed E-state index contributed by atoms with van der Waals surface area (Å²) >= 11 is 1.24. The lowest BCUT2D eigenvalue weighted by atomic mass is 10.1. The second kappa shape index (κ2) is 8.30. The average Bonchev–Trinajstić information content (AvgIpc) is 3.17. The van der Waals surface area contributed by atoms with Crippen molar-refractivity contribution in [2.45, 2.75) is 4.90 Å². The summed E-state index contributed by atoms with van der Waals surface area (Å²) < 4.78 is 12.8. The quantitative estimate of drug-likeness (QED) is 0.476. The SMILES string of the molecule is O=C(CSc1ccc(F)cc1)NNC(=O)c1cc(-c2ccccc2)n[nH]1. The molecule has 6 nitrogen and oxygen atoms in total. The van der Waals surface area contributed by atoms with Gasteiger partial charge in [-0.2, -0.15) is 5.10 Å². The van der Waals surface area contributed by atoms with Crippen LogP contribution < -0.4 is 10.9 Å². The van der Waals surface area contributed by atoms with Crippen LogP contribution in [-0.2, 0) is 4.79 Å². The third kappa shape index (κ3) is 4.70. The third-order valence-electron chi connectivity index (χ3n) is 3.39. The number of aromatic nitrogens is 2. The van der Waals surface area contributed by atoms with E-state index in [1.54, 1.807) is 18.2 Å². The average molecular weight is 370 g/mol. The van der Waals surface area contributed by atoms with Gasteiger partial charge in [-0.15, -0.1) is 11.8 Å². The van der Waals surface area contributed by atoms with Gasteiger partial charge in [-0.3, -0.25) is 25.5 Å². The van der Waals surface area contributed by atoms with Gasteiger partial charge >= 0.3 is 0 Å². The molecule has 1 heterocycles. The minimum atomic E-state index is -0.500. The van der Waals surface area contributed by atoms with E-state index in [-0.39, 0.29) is 23.2 Å². The molecule has 0 spiro atoms. The van der Waals surface area contributed by atoms with Crippen molar-refractivity contribution in [1.29, 1.82) is 0 Å². The number of rotatable bonds is 5. The van der Waals surface area contributed by atoms with E-state index in [1.807, 2.05) is 30.3 Å². The van der Waals surface area contributed by atoms with Gasteiger partial charge in [0.25, 0.3) is 5.91 Å². The number of thioether (sulfide) groups is 1. The van der Waals surface area contributed by atoms with E-state index in [0.717, 1.165) is 10.5 Å². The Hall–Kier alpha value is -3.13. The second-order valence-corrected chi connectivity index (χ2v) is 6.33. The summed E-state index contributed by atoms with van der Waals surface area (Å²) in [4.78, 5) is 24.6. The molecule has 132 valence electrons. The molecule has 0 bridgehead atoms. The maximum Gasteiger partial charge on any atom is 0.287 e. The van der Waals surface area contributed by atoms with Gasteiger partial charge in [0, 0.05) is 10.5 Å². The summed E-state index contributed by atoms with van der Waals surface area (Å²) in [6.07, 6.45) is 0. The molecule has 2 amide bonds. The Bertz CT molecular complexity index is 897. The molecule has 3 rings (SSSR count). The topological polar surface area (TPSA) is 86.9 Å². The van der Waals surface area contributed by atoms with Crippen LogP contribution in [0.2, 0.25) is 0 Å². The first kappa shape index (κ1) is 17.7. The summed E-state index contributed by atoms with van der Waals surface area (Å²) in [6.45, 7) is 0. The van der Waals surface area contributed by atoms with Gasteiger partial charge in [-0.05, 0) is 30.3 Å². The van der Waals surface area contributed by atoms with Crippen LogP contribution in [0.1, 0.15) is 10.5 Å². The number of amides is 2. The third-order valence-corrected chi connectivity index (χ3v) is 4.40. The van der Waals surface area contributed by atoms with Crippen molar-refractivity contribution >= 4 is 23.6 Å². The molecule has 0 aliphatic heterocycles. The predicted molar refractivity (Wildman–Crippen MR) is 96.8 cm³/mol. The smallest absolute Gasteiger partial charge is 0.272 e. The van der Waals surface area contributed by atoms with E-state index in [0.29, 0.717) is 5.69 Å². The minimum Gasteiger partial charge on any atom is -0.272 e. The Balaban J connectivity index is 1.48. The monoisotopic (exact) mass is 370 g/mol. The molecule has 0 radical (unpaired) electrons. The van der Waals surface area contributed by atoms with Crippen LogP contribution in [0.5, 0.6) is 0 Å². The number of nitrogens with zero attached hydrogens (tertiary/aromatic N) is 1. The predicted octanol–water partition coefficient (Wildman–Crippen LogP) is 2.77. The highest BCUT2D eigenvalue weighted by atomic mass is 32.2. The molecule has 0 fully saturated rings. The van der Waals surface area contributed by atoms with Gasteiger partial charge < -0.3 is 0 Å². The summed E-state index contributed by atoms with van der Waals surface area (Å²) in [7, 11) is 0. The van der Waals surface area contributed by atoms with Crippen LogP contribution in [0.3, 0.4) is 0 Å². The first-order valence-corrected chi connectivity index (χ1v) is 8.69. The number of benzene rings is 2. The summed E-state index contributed by atoms with van der Waals surface area (Å²) in [5, 5.41) is 6.72. The first-order valence-electron chi connectivity index (χ1n) is 7.70. The van der Waals surface area contributed by atoms with Crippen molar-refractivity contribution in [3.8, 4) is 11.3 Å². The van der Waals surface area contributed by atoms with Crippen LogP contribution in [0, 0.1) is 5.82 Å². The van der Waals surface area contributed by atoms with Gasteiger partial charge in [0.2, 0.25) is 5.91 Å². The van der Waals surface area contributed by atoms with Crippen molar-refractivity contribution in [3.05, 3.63) is 72.2 Å². The zero-order valence-electron chi connectivity index (χ0n) is 13.5. The minimum absolute atomic E-state index is 0.0875. The van der Waals surface area contributed by atoms with E-state index < -0.39 is 5.91 Å². The van der Waals surface area contributed by atoms with Crippen molar-refractivity contribution in [2.24, 2.45) is 0 Å². The Morgan fingerprint density at radius 1 is 1.04 bits per heavy atom. The van der Waals surface area contributed by atoms with E-state index in [1.165, 1.54) is 23.9 Å². The number of halogens is 1. The highest BCUT2D eigenvalue weighted by Crippen LogP contribution is 2.18. The number of hydrogen-bond acceptors (Lipinski definition) is 4. The van der Waals surface area contributed by atoms with Gasteiger partial charge in [-0.25, -0.2) is 4.39 Å². The number of carbonyl (C=O) groups is 2. The van der Waals surface area contributed by atoms with Crippen LogP contribution in [-0.4, -0.2) is 27.8 Å². The number of aromatic amines is 1. The molecule has 0 saturated carbocycles. The van der Waals surface area contributed by atoms with Gasteiger partial charge in [0.05, 0.1) is 11.4 Å². The number of hydrazine groups is 1. The molecule has 0 aliphatic carbocycles. The molecule has 3 aromatic rings. The highest BCUT2D eigenvalue weighted by molar-refractivity contribution is 8.00. The number of hydrogen-bond donors (Lipinski definition) is 3. The fourth-order valence-corrected chi connectivity index (χ4v) is 2.80. The normalized spacial score (nSPS) is 10.3. The van der Waals surface area contributed by atoms with Crippen LogP contribution in [0.15, 0.2) is 65.6 Å². The van der Waals surface area contributed by atoms with E-state index >= 15 is 0 Å². The molecule has 1 aromatic heterocycles. The van der Waals surface area contributed by atoms with Crippen molar-refractivity contribution < 1.29 is 14.0 Å². The van der Waals surface area contributed by atoms with E-state index in [4.69, 9.17) is 0 Å². The lowest BCUT2D eigenvalue weighted by molar-refractivity contribution is -0.119. The second-order valence-electron chi connectivity index (χ2n) is 5.28. The molecule has 2 aromatic carbocycles. The van der Waals surface area contributed by atoms with E-state index in [2.05, 4.69) is 21.0 Å². The highest BCUT2D eigenvalue weighted by Gasteiger charge is 2.12. The molecule has 26 heavy (non-hydrogen) atoms. The molecular weight excluding hydrogens is 355 g/mol. The van der Waals surface area contributed by atoms with E-state index in [9.17, 15) is 14.0 Å².